The zero-order valence-corrected chi connectivity index (χ0v) is 11.4. The van der Waals surface area contributed by atoms with Gasteiger partial charge in [0.1, 0.15) is 0 Å². The van der Waals surface area contributed by atoms with Crippen molar-refractivity contribution < 1.29 is 0 Å². The molecule has 0 heterocycles. The van der Waals surface area contributed by atoms with Crippen LogP contribution in [0.3, 0.4) is 0 Å². The highest BCUT2D eigenvalue weighted by atomic mass is 28.1. The summed E-state index contributed by atoms with van der Waals surface area (Å²) in [5, 5.41) is 0. The largest absolute Gasteiger partial charge is 0.0683 e. The summed E-state index contributed by atoms with van der Waals surface area (Å²) < 4.78 is 0. The Labute approximate surface area is 125 Å². The normalized spacial score (nSPS) is 15.3. The minimum atomic E-state index is 0. The first-order valence-corrected chi connectivity index (χ1v) is 7.23. The maximum atomic E-state index is 2.47. The van der Waals surface area contributed by atoms with E-state index in [-0.39, 0.29) is 11.0 Å². The molecule has 0 amide bonds. The third-order valence-electron chi connectivity index (χ3n) is 4.45. The molecule has 0 spiro atoms. The number of hydrogen-bond donors (Lipinski definition) is 0. The van der Waals surface area contributed by atoms with E-state index in [4.69, 9.17) is 0 Å². The predicted molar refractivity (Wildman–Crippen MR) is 92.6 cm³/mol. The van der Waals surface area contributed by atoms with E-state index in [9.17, 15) is 0 Å². The lowest BCUT2D eigenvalue weighted by atomic mass is 9.90. The van der Waals surface area contributed by atoms with Gasteiger partial charge in [-0.05, 0) is 77.0 Å². The van der Waals surface area contributed by atoms with Crippen molar-refractivity contribution in [1.82, 2.24) is 0 Å². The monoisotopic (exact) mass is 278 g/mol. The van der Waals surface area contributed by atoms with Gasteiger partial charge < -0.3 is 0 Å². The van der Waals surface area contributed by atoms with Gasteiger partial charge in [0.15, 0.2) is 0 Å². The van der Waals surface area contributed by atoms with E-state index in [2.05, 4.69) is 49.4 Å². The second-order valence-electron chi connectivity index (χ2n) is 5.85. The first-order chi connectivity index (χ1) is 9.33. The standard InChI is InChI=1S/C19H18.H4Si/c1-13-10-16-12-15-8-5-9-17(15)19(18(16)11-13)14-6-3-2-4-7-14;/h2-4,6-7,11-12H,5,8-10H2,1H3;1H4. The van der Waals surface area contributed by atoms with Gasteiger partial charge in [0.25, 0.3) is 0 Å². The van der Waals surface area contributed by atoms with Crippen LogP contribution in [0, 0.1) is 0 Å². The first kappa shape index (κ1) is 13.4. The fourth-order valence-corrected chi connectivity index (χ4v) is 3.67. The molecule has 102 valence electrons. The SMILES string of the molecule is CC1=Cc2c(cc3c(c2-c2ccccc2)CCC3)C1.[SiH4]. The summed E-state index contributed by atoms with van der Waals surface area (Å²) in [5.74, 6) is 0. The molecule has 1 heteroatoms. The molecule has 0 N–H and O–H groups in total. The lowest BCUT2D eigenvalue weighted by Crippen LogP contribution is -1.95. The van der Waals surface area contributed by atoms with E-state index >= 15 is 0 Å². The zero-order chi connectivity index (χ0) is 12.8. The number of rotatable bonds is 1. The molecule has 0 saturated carbocycles. The number of benzene rings is 2. The molecular weight excluding hydrogens is 256 g/mol. The minimum absolute atomic E-state index is 0. The lowest BCUT2D eigenvalue weighted by Gasteiger charge is -2.14. The van der Waals surface area contributed by atoms with Crippen molar-refractivity contribution >= 4 is 17.0 Å². The summed E-state index contributed by atoms with van der Waals surface area (Å²) in [6.07, 6.45) is 7.38. The predicted octanol–water partition coefficient (Wildman–Crippen LogP) is 3.35. The van der Waals surface area contributed by atoms with E-state index in [1.54, 1.807) is 11.1 Å². The van der Waals surface area contributed by atoms with Gasteiger partial charge in [-0.25, -0.2) is 0 Å². The van der Waals surface area contributed by atoms with Gasteiger partial charge in [0, 0.05) is 0 Å². The van der Waals surface area contributed by atoms with Crippen LogP contribution >= 0.6 is 0 Å². The highest BCUT2D eigenvalue weighted by Crippen LogP contribution is 2.41. The average molecular weight is 278 g/mol. The maximum absolute atomic E-state index is 2.47. The van der Waals surface area contributed by atoms with Gasteiger partial charge in [0.05, 0.1) is 0 Å². The molecule has 0 aromatic heterocycles. The average Bonchev–Trinajstić information content (AvgIpc) is 3.01. The van der Waals surface area contributed by atoms with Crippen molar-refractivity contribution in [3.05, 3.63) is 64.2 Å². The fraction of sp³-hybridized carbons (Fsp3) is 0.263. The molecule has 0 radical (unpaired) electrons. The van der Waals surface area contributed by atoms with Crippen LogP contribution in [0.5, 0.6) is 0 Å². The quantitative estimate of drug-likeness (QED) is 0.702. The van der Waals surface area contributed by atoms with E-state index in [0.717, 1.165) is 6.42 Å². The van der Waals surface area contributed by atoms with E-state index in [1.165, 1.54) is 47.1 Å². The second-order valence-corrected chi connectivity index (χ2v) is 5.85. The molecule has 2 aliphatic carbocycles. The molecule has 0 saturated heterocycles. The number of hydrogen-bond acceptors (Lipinski definition) is 0. The Bertz CT molecular complexity index is 681. The first-order valence-electron chi connectivity index (χ1n) is 7.23. The Morgan fingerprint density at radius 1 is 0.950 bits per heavy atom. The van der Waals surface area contributed by atoms with Crippen LogP contribution < -0.4 is 0 Å². The summed E-state index contributed by atoms with van der Waals surface area (Å²) in [4.78, 5) is 0. The number of aryl methyl sites for hydroxylation is 1. The molecule has 2 aromatic carbocycles. The second kappa shape index (κ2) is 5.06. The van der Waals surface area contributed by atoms with Crippen LogP contribution in [0.1, 0.15) is 35.6 Å². The maximum Gasteiger partial charge on any atom is -0.00603 e. The Morgan fingerprint density at radius 3 is 2.55 bits per heavy atom. The zero-order valence-electron chi connectivity index (χ0n) is 11.4. The van der Waals surface area contributed by atoms with Crippen LogP contribution in [-0.2, 0) is 19.3 Å². The Hall–Kier alpha value is -1.60. The molecule has 0 bridgehead atoms. The molecular formula is C19H22Si. The Morgan fingerprint density at radius 2 is 1.75 bits per heavy atom. The summed E-state index contributed by atoms with van der Waals surface area (Å²) in [6, 6.07) is 13.4. The molecule has 0 atom stereocenters. The summed E-state index contributed by atoms with van der Waals surface area (Å²) >= 11 is 0. The van der Waals surface area contributed by atoms with Crippen LogP contribution in [-0.4, -0.2) is 11.0 Å². The third-order valence-corrected chi connectivity index (χ3v) is 4.45. The van der Waals surface area contributed by atoms with E-state index in [1.807, 2.05) is 0 Å². The summed E-state index contributed by atoms with van der Waals surface area (Å²) in [6.45, 7) is 2.25. The van der Waals surface area contributed by atoms with Gasteiger partial charge in [0.2, 0.25) is 0 Å². The van der Waals surface area contributed by atoms with Gasteiger partial charge in [-0.15, -0.1) is 0 Å². The Kier molecular flexibility index (Phi) is 3.39. The van der Waals surface area contributed by atoms with Crippen LogP contribution in [0.15, 0.2) is 42.0 Å². The fourth-order valence-electron chi connectivity index (χ4n) is 3.67. The van der Waals surface area contributed by atoms with Crippen LogP contribution in [0.25, 0.3) is 17.2 Å². The van der Waals surface area contributed by atoms with Crippen molar-refractivity contribution in [2.45, 2.75) is 32.6 Å². The molecule has 20 heavy (non-hydrogen) atoms. The Balaban J connectivity index is 0.00000121. The molecule has 4 rings (SSSR count). The van der Waals surface area contributed by atoms with E-state index < -0.39 is 0 Å². The molecule has 0 nitrogen and oxygen atoms in total. The van der Waals surface area contributed by atoms with Gasteiger partial charge >= 0.3 is 0 Å². The van der Waals surface area contributed by atoms with Crippen LogP contribution in [0.4, 0.5) is 0 Å². The van der Waals surface area contributed by atoms with E-state index in [0.29, 0.717) is 0 Å². The molecule has 2 aromatic rings. The molecule has 0 fully saturated rings. The molecule has 2 aliphatic rings. The highest BCUT2D eigenvalue weighted by Gasteiger charge is 2.23. The van der Waals surface area contributed by atoms with Gasteiger partial charge in [-0.1, -0.05) is 48.0 Å². The van der Waals surface area contributed by atoms with Crippen molar-refractivity contribution in [2.75, 3.05) is 0 Å². The number of allylic oxidation sites excluding steroid dienone is 1. The third kappa shape index (κ3) is 1.97. The molecule has 0 unspecified atom stereocenters. The van der Waals surface area contributed by atoms with Crippen molar-refractivity contribution in [3.63, 3.8) is 0 Å². The van der Waals surface area contributed by atoms with Gasteiger partial charge in [-0.3, -0.25) is 0 Å². The highest BCUT2D eigenvalue weighted by molar-refractivity contribution is 5.84. The topological polar surface area (TPSA) is 0 Å². The molecule has 0 aliphatic heterocycles. The number of fused-ring (bicyclic) bond motifs is 2. The minimum Gasteiger partial charge on any atom is -0.0683 e. The van der Waals surface area contributed by atoms with Crippen molar-refractivity contribution in [2.24, 2.45) is 0 Å². The van der Waals surface area contributed by atoms with Crippen molar-refractivity contribution in [3.8, 4) is 11.1 Å². The van der Waals surface area contributed by atoms with Crippen LogP contribution in [0.2, 0.25) is 0 Å². The summed E-state index contributed by atoms with van der Waals surface area (Å²) in [7, 11) is 0. The summed E-state index contributed by atoms with van der Waals surface area (Å²) in [5.41, 5.74) is 10.6. The van der Waals surface area contributed by atoms with Gasteiger partial charge in [-0.2, -0.15) is 0 Å². The van der Waals surface area contributed by atoms with Crippen molar-refractivity contribution in [1.29, 1.82) is 0 Å². The lowest BCUT2D eigenvalue weighted by molar-refractivity contribution is 0.912. The smallest absolute Gasteiger partial charge is 0.00603 e.